The number of aliphatic hydroxyl groups excluding tert-OH is 1. The average Bonchev–Trinajstić information content (AvgIpc) is 3.78. The first-order valence-corrected chi connectivity index (χ1v) is 21.1. The summed E-state index contributed by atoms with van der Waals surface area (Å²) >= 11 is 0. The molecule has 7 nitrogen and oxygen atoms in total. The minimum Gasteiger partial charge on any atom is -0.462 e. The second-order valence-electron chi connectivity index (χ2n) is 18.6. The Bertz CT molecular complexity index is 1500. The number of ether oxygens (including phenoxy) is 2. The number of cyclic esters (lactones) is 1. The Hall–Kier alpha value is -2.48. The number of carbonyl (C=O) groups excluding carboxylic acids is 2. The van der Waals surface area contributed by atoms with Crippen molar-refractivity contribution in [3.8, 4) is 0 Å². The maximum Gasteiger partial charge on any atom is 0.331 e. The molecule has 11 atom stereocenters. The van der Waals surface area contributed by atoms with E-state index in [4.69, 9.17) is 9.47 Å². The van der Waals surface area contributed by atoms with E-state index in [1.54, 1.807) is 0 Å². The lowest BCUT2D eigenvalue weighted by molar-refractivity contribution is -0.361. The minimum atomic E-state index is -1.56. The van der Waals surface area contributed by atoms with Gasteiger partial charge in [-0.2, -0.15) is 0 Å². The van der Waals surface area contributed by atoms with Crippen LogP contribution in [-0.4, -0.2) is 57.3 Å². The molecule has 1 aromatic carbocycles. The van der Waals surface area contributed by atoms with Crippen LogP contribution >= 0.6 is 0 Å². The van der Waals surface area contributed by atoms with Crippen LogP contribution in [0.4, 0.5) is 0 Å². The number of hydrogen-bond donors (Lipinski definition) is 3. The molecule has 11 unspecified atom stereocenters. The first kappa shape index (κ1) is 40.2. The zero-order chi connectivity index (χ0) is 38.1. The number of rotatable bonds is 16. The lowest BCUT2D eigenvalue weighted by atomic mass is 9.31. The second-order valence-corrected chi connectivity index (χ2v) is 18.6. The van der Waals surface area contributed by atoms with E-state index < -0.39 is 40.2 Å². The number of fused-ring (bicyclic) bond motifs is 1. The van der Waals surface area contributed by atoms with Crippen LogP contribution in [-0.2, 0) is 25.5 Å². The predicted molar refractivity (Wildman–Crippen MR) is 208 cm³/mol. The summed E-state index contributed by atoms with van der Waals surface area (Å²) in [7, 11) is 0. The SMILES string of the molecule is CCCCCC1CCC(C2(C)CCC(O)C34C2C(OC(C)=O)CC(C)(C=CC3(O)CCC(C)CCCc2ccccc2)C4(O)CCC2=CC(=O)OC2)C1. The van der Waals surface area contributed by atoms with Crippen LogP contribution in [0.25, 0.3) is 0 Å². The van der Waals surface area contributed by atoms with Gasteiger partial charge in [-0.1, -0.05) is 109 Å². The normalized spacial score (nSPS) is 39.7. The number of unbranched alkanes of at least 4 members (excludes halogenated alkanes) is 2. The zero-order valence-electron chi connectivity index (χ0n) is 33.3. The summed E-state index contributed by atoms with van der Waals surface area (Å²) in [6.45, 7) is 10.5. The Balaban J connectivity index is 1.40. The Morgan fingerprint density at radius 1 is 1.00 bits per heavy atom. The van der Waals surface area contributed by atoms with Crippen LogP contribution in [0.2, 0.25) is 0 Å². The van der Waals surface area contributed by atoms with Crippen LogP contribution in [0.3, 0.4) is 0 Å². The van der Waals surface area contributed by atoms with Crippen molar-refractivity contribution in [3.05, 3.63) is 59.7 Å². The van der Waals surface area contributed by atoms with Crippen LogP contribution in [0, 0.1) is 39.9 Å². The summed E-state index contributed by atoms with van der Waals surface area (Å²) in [6, 6.07) is 10.5. The van der Waals surface area contributed by atoms with E-state index in [0.717, 1.165) is 50.5 Å². The smallest absolute Gasteiger partial charge is 0.331 e. The van der Waals surface area contributed by atoms with Gasteiger partial charge < -0.3 is 24.8 Å². The van der Waals surface area contributed by atoms with Crippen LogP contribution < -0.4 is 0 Å². The summed E-state index contributed by atoms with van der Waals surface area (Å²) in [6.07, 6.45) is 18.5. The fraction of sp³-hybridized carbons (Fsp3) is 0.739. The van der Waals surface area contributed by atoms with Gasteiger partial charge in [0.05, 0.1) is 22.7 Å². The van der Waals surface area contributed by atoms with Crippen molar-refractivity contribution in [3.63, 3.8) is 0 Å². The van der Waals surface area contributed by atoms with Crippen LogP contribution in [0.15, 0.2) is 54.1 Å². The molecular weight excluding hydrogens is 664 g/mol. The predicted octanol–water partition coefficient (Wildman–Crippen LogP) is 8.82. The highest BCUT2D eigenvalue weighted by Gasteiger charge is 2.81. The Morgan fingerprint density at radius 2 is 1.77 bits per heavy atom. The third kappa shape index (κ3) is 7.33. The molecule has 53 heavy (non-hydrogen) atoms. The number of benzene rings is 1. The maximum atomic E-state index is 13.8. The third-order valence-corrected chi connectivity index (χ3v) is 15.3. The molecule has 0 aromatic heterocycles. The number of aliphatic hydroxyl groups is 3. The van der Waals surface area contributed by atoms with Gasteiger partial charge in [0.15, 0.2) is 0 Å². The van der Waals surface area contributed by atoms with Crippen LogP contribution in [0.1, 0.15) is 143 Å². The van der Waals surface area contributed by atoms with Gasteiger partial charge in [0, 0.05) is 24.3 Å². The summed E-state index contributed by atoms with van der Waals surface area (Å²) in [5, 5.41) is 40.2. The molecule has 3 saturated carbocycles. The van der Waals surface area contributed by atoms with E-state index >= 15 is 0 Å². The first-order chi connectivity index (χ1) is 25.2. The summed E-state index contributed by atoms with van der Waals surface area (Å²) < 4.78 is 11.7. The number of aryl methyl sites for hydroxylation is 1. The van der Waals surface area contributed by atoms with Gasteiger partial charge in [-0.15, -0.1) is 0 Å². The molecule has 3 N–H and O–H groups in total. The topological polar surface area (TPSA) is 113 Å². The van der Waals surface area contributed by atoms with Gasteiger partial charge in [0.1, 0.15) is 12.7 Å². The van der Waals surface area contributed by atoms with Crippen molar-refractivity contribution >= 4 is 11.9 Å². The lowest BCUT2D eigenvalue weighted by Gasteiger charge is -2.76. The molecule has 4 aliphatic carbocycles. The Morgan fingerprint density at radius 3 is 2.47 bits per heavy atom. The quantitative estimate of drug-likeness (QED) is 0.0885. The first-order valence-electron chi connectivity index (χ1n) is 21.1. The molecule has 0 amide bonds. The van der Waals surface area contributed by atoms with Gasteiger partial charge >= 0.3 is 11.9 Å². The molecule has 5 aliphatic rings. The molecule has 7 heteroatoms. The van der Waals surface area contributed by atoms with Crippen molar-refractivity contribution in [1.82, 2.24) is 0 Å². The summed E-state index contributed by atoms with van der Waals surface area (Å²) in [5.74, 6) is 0.0721. The van der Waals surface area contributed by atoms with Crippen molar-refractivity contribution < 1.29 is 34.4 Å². The Labute approximate surface area is 319 Å². The van der Waals surface area contributed by atoms with Crippen molar-refractivity contribution in [2.45, 2.75) is 167 Å². The molecular formula is C46H68O7. The summed E-state index contributed by atoms with van der Waals surface area (Å²) in [4.78, 5) is 25.1. The van der Waals surface area contributed by atoms with Gasteiger partial charge in [-0.25, -0.2) is 4.79 Å². The van der Waals surface area contributed by atoms with E-state index in [9.17, 15) is 24.9 Å². The average molecular weight is 733 g/mol. The maximum absolute atomic E-state index is 13.8. The second kappa shape index (κ2) is 15.9. The molecule has 2 bridgehead atoms. The van der Waals surface area contributed by atoms with E-state index in [1.807, 2.05) is 25.1 Å². The van der Waals surface area contributed by atoms with E-state index in [-0.39, 0.29) is 30.4 Å². The van der Waals surface area contributed by atoms with E-state index in [1.165, 1.54) is 50.7 Å². The van der Waals surface area contributed by atoms with Crippen molar-refractivity contribution in [2.24, 2.45) is 39.9 Å². The Kier molecular flexibility index (Phi) is 12.1. The van der Waals surface area contributed by atoms with E-state index in [0.29, 0.717) is 43.4 Å². The highest BCUT2D eigenvalue weighted by Crippen LogP contribution is 2.76. The molecule has 6 rings (SSSR count). The van der Waals surface area contributed by atoms with Gasteiger partial charge in [-0.05, 0) is 105 Å². The molecule has 0 saturated heterocycles. The molecule has 1 aliphatic heterocycles. The van der Waals surface area contributed by atoms with Crippen molar-refractivity contribution in [2.75, 3.05) is 6.61 Å². The number of esters is 2. The van der Waals surface area contributed by atoms with Crippen molar-refractivity contribution in [1.29, 1.82) is 0 Å². The van der Waals surface area contributed by atoms with Gasteiger partial charge in [0.2, 0.25) is 0 Å². The molecule has 294 valence electrons. The molecule has 0 radical (unpaired) electrons. The van der Waals surface area contributed by atoms with Gasteiger partial charge in [-0.3, -0.25) is 4.79 Å². The number of hydrogen-bond acceptors (Lipinski definition) is 7. The van der Waals surface area contributed by atoms with Gasteiger partial charge in [0.25, 0.3) is 0 Å². The molecule has 3 fully saturated rings. The summed E-state index contributed by atoms with van der Waals surface area (Å²) in [5.41, 5.74) is -3.68. The minimum absolute atomic E-state index is 0.195. The zero-order valence-corrected chi connectivity index (χ0v) is 33.3. The highest BCUT2D eigenvalue weighted by molar-refractivity contribution is 5.85. The molecule has 1 spiro atoms. The standard InChI is InChI=1S/C46H68O7/c1-6-7-9-16-35-18-19-37(28-35)43(5)23-22-39(48)46-41(43)38(53-33(3)47)30-42(4,45(46,51)25-21-36-29-40(49)52-31-36)26-27-44(46,50)24-20-32(2)13-12-17-34-14-10-8-11-15-34/h8,10-11,14-15,26-27,29,32,35,37-39,41,48,50-51H,6-7,9,12-13,16-25,28,30-31H2,1-5H3. The largest absolute Gasteiger partial charge is 0.462 e. The number of carbonyl (C=O) groups is 2. The molecule has 1 aromatic rings. The third-order valence-electron chi connectivity index (χ3n) is 15.3. The van der Waals surface area contributed by atoms with Crippen LogP contribution in [0.5, 0.6) is 0 Å². The fourth-order valence-electron chi connectivity index (χ4n) is 12.6. The van der Waals surface area contributed by atoms with E-state index in [2.05, 4.69) is 45.0 Å². The lowest BCUT2D eigenvalue weighted by Crippen LogP contribution is -2.83. The molecule has 1 heterocycles. The fourth-order valence-corrected chi connectivity index (χ4v) is 12.6. The monoisotopic (exact) mass is 732 g/mol. The highest BCUT2D eigenvalue weighted by atomic mass is 16.5.